The van der Waals surface area contributed by atoms with Crippen LogP contribution in [0.1, 0.15) is 25.6 Å². The van der Waals surface area contributed by atoms with Crippen molar-refractivity contribution < 1.29 is 19.1 Å². The van der Waals surface area contributed by atoms with Gasteiger partial charge in [0.15, 0.2) is 11.5 Å². The van der Waals surface area contributed by atoms with Crippen LogP contribution in [0.2, 0.25) is 0 Å². The third-order valence-electron chi connectivity index (χ3n) is 4.86. The van der Waals surface area contributed by atoms with Gasteiger partial charge in [-0.25, -0.2) is 0 Å². The van der Waals surface area contributed by atoms with Gasteiger partial charge in [-0.05, 0) is 59.8 Å². The summed E-state index contributed by atoms with van der Waals surface area (Å²) in [6, 6.07) is 14.4. The zero-order valence-corrected chi connectivity index (χ0v) is 16.9. The summed E-state index contributed by atoms with van der Waals surface area (Å²) in [6.07, 6.45) is 0.756. The Bertz CT molecular complexity index is 1060. The standard InChI is InChI=1S/C22H20N2O4S/c1-27-18-8-5-15(13-19(18)28-2)21(25)23-16-6-7-17-14(12-16)9-10-24(17)22(26)20-4-3-11-29-20/h3-8,11-13H,9-10H2,1-2H3,(H,23,25). The molecule has 2 amide bonds. The lowest BCUT2D eigenvalue weighted by atomic mass is 10.1. The van der Waals surface area contributed by atoms with Crippen molar-refractivity contribution in [2.45, 2.75) is 6.42 Å². The molecule has 2 aromatic carbocycles. The second-order valence-electron chi connectivity index (χ2n) is 6.55. The highest BCUT2D eigenvalue weighted by molar-refractivity contribution is 7.12. The zero-order chi connectivity index (χ0) is 20.4. The number of hydrogen-bond donors (Lipinski definition) is 1. The summed E-state index contributed by atoms with van der Waals surface area (Å²) in [4.78, 5) is 27.8. The van der Waals surface area contributed by atoms with Crippen molar-refractivity contribution in [1.82, 2.24) is 0 Å². The molecule has 1 aliphatic rings. The number of ether oxygens (including phenoxy) is 2. The van der Waals surface area contributed by atoms with Gasteiger partial charge in [0.05, 0.1) is 19.1 Å². The third kappa shape index (κ3) is 3.69. The highest BCUT2D eigenvalue weighted by Crippen LogP contribution is 2.33. The molecule has 1 aliphatic heterocycles. The second kappa shape index (κ2) is 7.97. The highest BCUT2D eigenvalue weighted by Gasteiger charge is 2.26. The summed E-state index contributed by atoms with van der Waals surface area (Å²) in [7, 11) is 3.08. The summed E-state index contributed by atoms with van der Waals surface area (Å²) >= 11 is 1.44. The summed E-state index contributed by atoms with van der Waals surface area (Å²) in [6.45, 7) is 0.638. The van der Waals surface area contributed by atoms with Crippen LogP contribution >= 0.6 is 11.3 Å². The molecule has 3 aromatic rings. The number of methoxy groups -OCH3 is 2. The summed E-state index contributed by atoms with van der Waals surface area (Å²) in [5, 5.41) is 4.81. The summed E-state index contributed by atoms with van der Waals surface area (Å²) in [5.41, 5.74) is 3.10. The lowest BCUT2D eigenvalue weighted by molar-refractivity contribution is 0.0991. The second-order valence-corrected chi connectivity index (χ2v) is 7.50. The Morgan fingerprint density at radius 1 is 1.03 bits per heavy atom. The van der Waals surface area contributed by atoms with Crippen LogP contribution in [0.15, 0.2) is 53.9 Å². The molecule has 1 aromatic heterocycles. The Morgan fingerprint density at radius 3 is 2.59 bits per heavy atom. The van der Waals surface area contributed by atoms with E-state index in [1.165, 1.54) is 18.4 Å². The predicted octanol–water partition coefficient (Wildman–Crippen LogP) is 4.22. The maximum Gasteiger partial charge on any atom is 0.268 e. The fourth-order valence-corrected chi connectivity index (χ4v) is 4.08. The molecule has 0 aliphatic carbocycles. The fourth-order valence-electron chi connectivity index (χ4n) is 3.40. The monoisotopic (exact) mass is 408 g/mol. The molecule has 7 heteroatoms. The first-order chi connectivity index (χ1) is 14.1. The molecule has 0 unspecified atom stereocenters. The number of rotatable bonds is 5. The van der Waals surface area contributed by atoms with Crippen molar-refractivity contribution in [1.29, 1.82) is 0 Å². The zero-order valence-electron chi connectivity index (χ0n) is 16.1. The Kier molecular flexibility index (Phi) is 5.22. The number of benzene rings is 2. The van der Waals surface area contributed by atoms with Crippen molar-refractivity contribution in [3.05, 3.63) is 69.9 Å². The SMILES string of the molecule is COc1ccc(C(=O)Nc2ccc3c(c2)CCN3C(=O)c2cccs2)cc1OC. The highest BCUT2D eigenvalue weighted by atomic mass is 32.1. The van der Waals surface area contributed by atoms with Crippen molar-refractivity contribution in [2.75, 3.05) is 31.0 Å². The van der Waals surface area contributed by atoms with E-state index in [-0.39, 0.29) is 11.8 Å². The van der Waals surface area contributed by atoms with Gasteiger partial charge in [-0.1, -0.05) is 6.07 Å². The molecule has 4 rings (SSSR count). The number of anilines is 2. The van der Waals surface area contributed by atoms with E-state index in [1.54, 1.807) is 30.2 Å². The van der Waals surface area contributed by atoms with E-state index in [0.29, 0.717) is 29.3 Å². The van der Waals surface area contributed by atoms with Gasteiger partial charge in [0, 0.05) is 23.5 Å². The number of thiophene rings is 1. The summed E-state index contributed by atoms with van der Waals surface area (Å²) in [5.74, 6) is 0.838. The van der Waals surface area contributed by atoms with Crippen molar-refractivity contribution in [3.8, 4) is 11.5 Å². The van der Waals surface area contributed by atoms with E-state index in [4.69, 9.17) is 9.47 Å². The van der Waals surface area contributed by atoms with Gasteiger partial charge in [0.25, 0.3) is 11.8 Å². The molecule has 0 radical (unpaired) electrons. The van der Waals surface area contributed by atoms with E-state index in [0.717, 1.165) is 22.5 Å². The molecule has 0 spiro atoms. The third-order valence-corrected chi connectivity index (χ3v) is 5.71. The van der Waals surface area contributed by atoms with Gasteiger partial charge in [-0.3, -0.25) is 9.59 Å². The van der Waals surface area contributed by atoms with Gasteiger partial charge in [0.2, 0.25) is 0 Å². The van der Waals surface area contributed by atoms with Gasteiger partial charge >= 0.3 is 0 Å². The minimum Gasteiger partial charge on any atom is -0.493 e. The number of fused-ring (bicyclic) bond motifs is 1. The van der Waals surface area contributed by atoms with E-state index < -0.39 is 0 Å². The van der Waals surface area contributed by atoms with Crippen molar-refractivity contribution in [3.63, 3.8) is 0 Å². The average molecular weight is 408 g/mol. The van der Waals surface area contributed by atoms with Crippen LogP contribution in [0.3, 0.4) is 0 Å². The first-order valence-corrected chi connectivity index (χ1v) is 10.0. The Morgan fingerprint density at radius 2 is 1.86 bits per heavy atom. The number of amides is 2. The maximum absolute atomic E-state index is 12.7. The number of carbonyl (C=O) groups is 2. The molecule has 2 heterocycles. The van der Waals surface area contributed by atoms with Gasteiger partial charge in [-0.2, -0.15) is 0 Å². The summed E-state index contributed by atoms with van der Waals surface area (Å²) < 4.78 is 10.5. The molecule has 1 N–H and O–H groups in total. The van der Waals surface area contributed by atoms with Crippen LogP contribution in [-0.2, 0) is 6.42 Å². The number of nitrogens with zero attached hydrogens (tertiary/aromatic N) is 1. The van der Waals surface area contributed by atoms with Crippen LogP contribution < -0.4 is 19.7 Å². The minimum atomic E-state index is -0.240. The van der Waals surface area contributed by atoms with Crippen LogP contribution in [0.4, 0.5) is 11.4 Å². The molecule has 0 saturated carbocycles. The molecule has 0 atom stereocenters. The molecule has 0 bridgehead atoms. The van der Waals surface area contributed by atoms with E-state index in [9.17, 15) is 9.59 Å². The smallest absolute Gasteiger partial charge is 0.268 e. The van der Waals surface area contributed by atoms with E-state index in [2.05, 4.69) is 5.32 Å². The van der Waals surface area contributed by atoms with Gasteiger partial charge in [0.1, 0.15) is 0 Å². The van der Waals surface area contributed by atoms with E-state index >= 15 is 0 Å². The molecular weight excluding hydrogens is 388 g/mol. The van der Waals surface area contributed by atoms with Gasteiger partial charge in [-0.15, -0.1) is 11.3 Å². The predicted molar refractivity (Wildman–Crippen MR) is 114 cm³/mol. The van der Waals surface area contributed by atoms with Crippen LogP contribution in [0.5, 0.6) is 11.5 Å². The van der Waals surface area contributed by atoms with Gasteiger partial charge < -0.3 is 19.7 Å². The molecular formula is C22H20N2O4S. The molecule has 148 valence electrons. The first-order valence-electron chi connectivity index (χ1n) is 9.12. The Hall–Kier alpha value is -3.32. The first kappa shape index (κ1) is 19.0. The quantitative estimate of drug-likeness (QED) is 0.686. The minimum absolute atomic E-state index is 0.0147. The molecule has 6 nitrogen and oxygen atoms in total. The number of nitrogens with one attached hydrogen (secondary N) is 1. The van der Waals surface area contributed by atoms with Crippen LogP contribution in [-0.4, -0.2) is 32.6 Å². The van der Waals surface area contributed by atoms with E-state index in [1.807, 2.05) is 35.7 Å². The van der Waals surface area contributed by atoms with Crippen molar-refractivity contribution in [2.24, 2.45) is 0 Å². The average Bonchev–Trinajstić information content (AvgIpc) is 3.42. The number of hydrogen-bond acceptors (Lipinski definition) is 5. The van der Waals surface area contributed by atoms with Crippen LogP contribution in [0.25, 0.3) is 0 Å². The molecule has 29 heavy (non-hydrogen) atoms. The molecule has 0 fully saturated rings. The van der Waals surface area contributed by atoms with Crippen molar-refractivity contribution >= 4 is 34.5 Å². The lowest BCUT2D eigenvalue weighted by Crippen LogP contribution is -2.28. The normalized spacial score (nSPS) is 12.4. The lowest BCUT2D eigenvalue weighted by Gasteiger charge is -2.17. The molecule has 0 saturated heterocycles. The fraction of sp³-hybridized carbons (Fsp3) is 0.182. The topological polar surface area (TPSA) is 67.9 Å². The van der Waals surface area contributed by atoms with Crippen LogP contribution in [0, 0.1) is 0 Å². The Balaban J connectivity index is 1.51. The maximum atomic E-state index is 12.7. The Labute approximate surface area is 172 Å². The largest absolute Gasteiger partial charge is 0.493 e. The number of carbonyl (C=O) groups excluding carboxylic acids is 2.